The number of hydrogen-bond donors (Lipinski definition) is 2. The van der Waals surface area contributed by atoms with Gasteiger partial charge in [0.25, 0.3) is 0 Å². The van der Waals surface area contributed by atoms with Gasteiger partial charge in [0.05, 0.1) is 0 Å². The summed E-state index contributed by atoms with van der Waals surface area (Å²) in [6.07, 6.45) is 0. The lowest BCUT2D eigenvalue weighted by Gasteiger charge is -2.19. The first kappa shape index (κ1) is 13.4. The first-order valence-electron chi connectivity index (χ1n) is 5.95. The van der Waals surface area contributed by atoms with E-state index in [0.717, 1.165) is 16.8 Å². The van der Waals surface area contributed by atoms with Gasteiger partial charge in [0.2, 0.25) is 5.91 Å². The third kappa shape index (κ3) is 3.26. The molecular weight excluding hydrogens is 260 g/mol. The van der Waals surface area contributed by atoms with Crippen LogP contribution in [0.2, 0.25) is 5.02 Å². The lowest BCUT2D eigenvalue weighted by molar-refractivity contribution is -0.118. The molecule has 0 radical (unpaired) electrons. The normalized spacial score (nSPS) is 11.9. The molecule has 19 heavy (non-hydrogen) atoms. The molecule has 2 rings (SSSR count). The SMILES string of the molecule is Cc1ccccc1C(Nc1cccc(Cl)c1)C(N)=O. The molecule has 1 atom stereocenters. The lowest BCUT2D eigenvalue weighted by atomic mass is 10.0. The maximum absolute atomic E-state index is 11.7. The van der Waals surface area contributed by atoms with Crippen LogP contribution in [0.1, 0.15) is 17.2 Å². The molecule has 0 bridgehead atoms. The smallest absolute Gasteiger partial charge is 0.244 e. The Balaban J connectivity index is 2.32. The van der Waals surface area contributed by atoms with Crippen molar-refractivity contribution < 1.29 is 4.79 Å². The number of carbonyl (C=O) groups excluding carboxylic acids is 1. The number of halogens is 1. The highest BCUT2D eigenvalue weighted by Gasteiger charge is 2.19. The van der Waals surface area contributed by atoms with Gasteiger partial charge in [-0.1, -0.05) is 41.9 Å². The fraction of sp³-hybridized carbons (Fsp3) is 0.133. The van der Waals surface area contributed by atoms with Crippen LogP contribution in [0, 0.1) is 6.92 Å². The molecule has 0 saturated carbocycles. The number of nitrogens with two attached hydrogens (primary N) is 1. The average molecular weight is 275 g/mol. The third-order valence-corrected chi connectivity index (χ3v) is 3.15. The molecule has 2 aromatic rings. The molecule has 1 amide bonds. The predicted octanol–water partition coefficient (Wildman–Crippen LogP) is 3.29. The molecule has 0 aliphatic heterocycles. The van der Waals surface area contributed by atoms with Crippen molar-refractivity contribution in [2.24, 2.45) is 5.73 Å². The number of rotatable bonds is 4. The second kappa shape index (κ2) is 5.76. The van der Waals surface area contributed by atoms with Gasteiger partial charge in [-0.25, -0.2) is 0 Å². The quantitative estimate of drug-likeness (QED) is 0.899. The summed E-state index contributed by atoms with van der Waals surface area (Å²) >= 11 is 5.93. The summed E-state index contributed by atoms with van der Waals surface area (Å²) < 4.78 is 0. The molecule has 0 spiro atoms. The van der Waals surface area contributed by atoms with Crippen molar-refractivity contribution in [1.29, 1.82) is 0 Å². The number of nitrogens with one attached hydrogen (secondary N) is 1. The minimum atomic E-state index is -0.570. The van der Waals surface area contributed by atoms with Crippen molar-refractivity contribution in [3.05, 3.63) is 64.7 Å². The Morgan fingerprint density at radius 3 is 2.58 bits per heavy atom. The van der Waals surface area contributed by atoms with Crippen LogP contribution in [0.3, 0.4) is 0 Å². The molecule has 2 aromatic carbocycles. The molecule has 3 nitrogen and oxygen atoms in total. The van der Waals surface area contributed by atoms with Crippen molar-refractivity contribution in [2.45, 2.75) is 13.0 Å². The zero-order valence-corrected chi connectivity index (χ0v) is 11.3. The Morgan fingerprint density at radius 2 is 1.95 bits per heavy atom. The Morgan fingerprint density at radius 1 is 1.21 bits per heavy atom. The van der Waals surface area contributed by atoms with E-state index >= 15 is 0 Å². The van der Waals surface area contributed by atoms with E-state index in [1.54, 1.807) is 12.1 Å². The number of anilines is 1. The van der Waals surface area contributed by atoms with Crippen LogP contribution in [0.4, 0.5) is 5.69 Å². The first-order chi connectivity index (χ1) is 9.08. The van der Waals surface area contributed by atoms with E-state index in [1.807, 2.05) is 43.3 Å². The van der Waals surface area contributed by atoms with Crippen molar-refractivity contribution in [1.82, 2.24) is 0 Å². The molecule has 0 saturated heterocycles. The van der Waals surface area contributed by atoms with Crippen molar-refractivity contribution in [2.75, 3.05) is 5.32 Å². The second-order valence-corrected chi connectivity index (χ2v) is 4.78. The molecule has 4 heteroatoms. The topological polar surface area (TPSA) is 55.1 Å². The summed E-state index contributed by atoms with van der Waals surface area (Å²) in [5.41, 5.74) is 8.14. The predicted molar refractivity (Wildman–Crippen MR) is 78.2 cm³/mol. The highest BCUT2D eigenvalue weighted by molar-refractivity contribution is 6.30. The fourth-order valence-electron chi connectivity index (χ4n) is 1.96. The molecule has 1 unspecified atom stereocenters. The van der Waals surface area contributed by atoms with E-state index in [-0.39, 0.29) is 0 Å². The molecule has 0 aliphatic carbocycles. The third-order valence-electron chi connectivity index (χ3n) is 2.92. The van der Waals surface area contributed by atoms with Gasteiger partial charge in [-0.05, 0) is 36.2 Å². The standard InChI is InChI=1S/C15H15ClN2O/c1-10-5-2-3-8-13(10)14(15(17)19)18-12-7-4-6-11(16)9-12/h2-9,14,18H,1H3,(H2,17,19). The number of carbonyl (C=O) groups is 1. The van der Waals surface area contributed by atoms with Crippen LogP contribution in [0.25, 0.3) is 0 Å². The Labute approximate surface area is 117 Å². The number of aryl methyl sites for hydroxylation is 1. The zero-order chi connectivity index (χ0) is 13.8. The maximum atomic E-state index is 11.7. The summed E-state index contributed by atoms with van der Waals surface area (Å²) in [5, 5.41) is 3.73. The van der Waals surface area contributed by atoms with Crippen LogP contribution in [-0.2, 0) is 4.79 Å². The molecule has 0 heterocycles. The van der Waals surface area contributed by atoms with Crippen LogP contribution in [0.15, 0.2) is 48.5 Å². The number of benzene rings is 2. The molecule has 0 aromatic heterocycles. The van der Waals surface area contributed by atoms with Gasteiger partial charge in [-0.15, -0.1) is 0 Å². The van der Waals surface area contributed by atoms with Gasteiger partial charge in [0.15, 0.2) is 0 Å². The van der Waals surface area contributed by atoms with E-state index in [2.05, 4.69) is 5.32 Å². The highest BCUT2D eigenvalue weighted by atomic mass is 35.5. The maximum Gasteiger partial charge on any atom is 0.244 e. The van der Waals surface area contributed by atoms with E-state index in [0.29, 0.717) is 5.02 Å². The molecule has 3 N–H and O–H groups in total. The monoisotopic (exact) mass is 274 g/mol. The first-order valence-corrected chi connectivity index (χ1v) is 6.32. The Kier molecular flexibility index (Phi) is 4.07. The number of primary amides is 1. The number of hydrogen-bond acceptors (Lipinski definition) is 2. The van der Waals surface area contributed by atoms with Crippen LogP contribution < -0.4 is 11.1 Å². The molecular formula is C15H15ClN2O. The van der Waals surface area contributed by atoms with Gasteiger partial charge < -0.3 is 11.1 Å². The van der Waals surface area contributed by atoms with E-state index < -0.39 is 11.9 Å². The summed E-state index contributed by atoms with van der Waals surface area (Å²) in [6, 6.07) is 14.3. The van der Waals surface area contributed by atoms with Crippen molar-refractivity contribution in [3.8, 4) is 0 Å². The summed E-state index contributed by atoms with van der Waals surface area (Å²) in [6.45, 7) is 1.95. The highest BCUT2D eigenvalue weighted by Crippen LogP contribution is 2.23. The van der Waals surface area contributed by atoms with Gasteiger partial charge in [-0.2, -0.15) is 0 Å². The van der Waals surface area contributed by atoms with Gasteiger partial charge in [-0.3, -0.25) is 4.79 Å². The molecule has 0 aliphatic rings. The minimum absolute atomic E-state index is 0.422. The molecule has 0 fully saturated rings. The van der Waals surface area contributed by atoms with Crippen LogP contribution in [-0.4, -0.2) is 5.91 Å². The van der Waals surface area contributed by atoms with E-state index in [4.69, 9.17) is 17.3 Å². The average Bonchev–Trinajstić information content (AvgIpc) is 2.37. The number of amides is 1. The Bertz CT molecular complexity index is 598. The van der Waals surface area contributed by atoms with E-state index in [9.17, 15) is 4.79 Å². The fourth-order valence-corrected chi connectivity index (χ4v) is 2.15. The summed E-state index contributed by atoms with van der Waals surface area (Å²) in [5.74, 6) is -0.422. The minimum Gasteiger partial charge on any atom is -0.370 e. The summed E-state index contributed by atoms with van der Waals surface area (Å²) in [4.78, 5) is 11.7. The van der Waals surface area contributed by atoms with Crippen molar-refractivity contribution >= 4 is 23.2 Å². The van der Waals surface area contributed by atoms with Crippen molar-refractivity contribution in [3.63, 3.8) is 0 Å². The lowest BCUT2D eigenvalue weighted by Crippen LogP contribution is -2.28. The van der Waals surface area contributed by atoms with Gasteiger partial charge >= 0.3 is 0 Å². The Hall–Kier alpha value is -2.00. The van der Waals surface area contributed by atoms with Crippen LogP contribution in [0.5, 0.6) is 0 Å². The van der Waals surface area contributed by atoms with E-state index in [1.165, 1.54) is 0 Å². The van der Waals surface area contributed by atoms with Gasteiger partial charge in [0.1, 0.15) is 6.04 Å². The molecule has 98 valence electrons. The van der Waals surface area contributed by atoms with Crippen LogP contribution >= 0.6 is 11.6 Å². The second-order valence-electron chi connectivity index (χ2n) is 4.35. The summed E-state index contributed by atoms with van der Waals surface area (Å²) in [7, 11) is 0. The zero-order valence-electron chi connectivity index (χ0n) is 10.6. The van der Waals surface area contributed by atoms with Gasteiger partial charge in [0, 0.05) is 10.7 Å². The largest absolute Gasteiger partial charge is 0.370 e.